The van der Waals surface area contributed by atoms with Gasteiger partial charge in [-0.05, 0) is 43.2 Å². The van der Waals surface area contributed by atoms with E-state index in [0.29, 0.717) is 26.2 Å². The number of pyridine rings is 1. The third-order valence-electron chi connectivity index (χ3n) is 5.16. The van der Waals surface area contributed by atoms with Crippen molar-refractivity contribution in [3.8, 4) is 0 Å². The normalized spacial score (nSPS) is 16.6. The summed E-state index contributed by atoms with van der Waals surface area (Å²) in [5, 5.41) is 3.00. The van der Waals surface area contributed by atoms with E-state index in [1.165, 1.54) is 0 Å². The zero-order valence-electron chi connectivity index (χ0n) is 16.3. The molecule has 2 amide bonds. The molecule has 7 nitrogen and oxygen atoms in total. The number of ether oxygens (including phenoxy) is 1. The van der Waals surface area contributed by atoms with Gasteiger partial charge in [0.25, 0.3) is 0 Å². The van der Waals surface area contributed by atoms with Gasteiger partial charge in [0.1, 0.15) is 11.3 Å². The lowest BCUT2D eigenvalue weighted by Crippen LogP contribution is -2.33. The van der Waals surface area contributed by atoms with E-state index >= 15 is 0 Å². The molecule has 1 unspecified atom stereocenters. The number of amides is 2. The van der Waals surface area contributed by atoms with Gasteiger partial charge in [-0.1, -0.05) is 12.1 Å². The van der Waals surface area contributed by atoms with E-state index in [9.17, 15) is 4.79 Å². The number of carbonyl (C=O) groups is 1. The van der Waals surface area contributed by atoms with Crippen LogP contribution in [0, 0.1) is 6.92 Å². The summed E-state index contributed by atoms with van der Waals surface area (Å²) in [6.45, 7) is 4.67. The molecule has 3 aromatic rings. The minimum Gasteiger partial charge on any atom is -0.383 e. The maximum atomic E-state index is 12.7. The molecule has 1 fully saturated rings. The van der Waals surface area contributed by atoms with Crippen LogP contribution in [0.3, 0.4) is 0 Å². The summed E-state index contributed by atoms with van der Waals surface area (Å²) in [4.78, 5) is 23.9. The van der Waals surface area contributed by atoms with Gasteiger partial charge >= 0.3 is 6.03 Å². The first kappa shape index (κ1) is 18.4. The van der Waals surface area contributed by atoms with Gasteiger partial charge in [0.2, 0.25) is 0 Å². The Hall–Kier alpha value is -2.93. The topological polar surface area (TPSA) is 72.3 Å². The van der Waals surface area contributed by atoms with Crippen molar-refractivity contribution >= 4 is 22.9 Å². The first-order chi connectivity index (χ1) is 13.7. The first-order valence-corrected chi connectivity index (χ1v) is 9.58. The van der Waals surface area contributed by atoms with Gasteiger partial charge in [-0.15, -0.1) is 0 Å². The third-order valence-corrected chi connectivity index (χ3v) is 5.16. The Morgan fingerprint density at radius 3 is 3.04 bits per heavy atom. The lowest BCUT2D eigenvalue weighted by atomic mass is 10.1. The number of nitrogens with one attached hydrogen (secondary N) is 1. The number of aryl methyl sites for hydroxylation is 1. The molecule has 146 valence electrons. The monoisotopic (exact) mass is 379 g/mol. The van der Waals surface area contributed by atoms with E-state index in [4.69, 9.17) is 9.72 Å². The molecule has 4 rings (SSSR count). The van der Waals surface area contributed by atoms with Gasteiger partial charge in [0.05, 0.1) is 6.61 Å². The minimum atomic E-state index is -0.0641. The van der Waals surface area contributed by atoms with Crippen LogP contribution in [-0.4, -0.2) is 52.3 Å². The Kier molecular flexibility index (Phi) is 5.25. The molecule has 7 heteroatoms. The lowest BCUT2D eigenvalue weighted by molar-refractivity contribution is 0.186. The Balaban J connectivity index is 1.51. The molecule has 1 aliphatic rings. The van der Waals surface area contributed by atoms with Gasteiger partial charge < -0.3 is 19.5 Å². The predicted molar refractivity (Wildman–Crippen MR) is 109 cm³/mol. The fourth-order valence-electron chi connectivity index (χ4n) is 3.77. The molecule has 0 saturated carbocycles. The van der Waals surface area contributed by atoms with Crippen LogP contribution < -0.4 is 5.32 Å². The summed E-state index contributed by atoms with van der Waals surface area (Å²) >= 11 is 0. The van der Waals surface area contributed by atoms with E-state index in [0.717, 1.165) is 34.7 Å². The van der Waals surface area contributed by atoms with Crippen LogP contribution in [0.15, 0.2) is 42.6 Å². The number of rotatable bonds is 5. The average Bonchev–Trinajstić information content (AvgIpc) is 3.31. The molecule has 0 bridgehead atoms. The molecule has 28 heavy (non-hydrogen) atoms. The zero-order chi connectivity index (χ0) is 19.5. The minimum absolute atomic E-state index is 0.0641. The fourth-order valence-corrected chi connectivity index (χ4v) is 3.77. The van der Waals surface area contributed by atoms with Gasteiger partial charge in [-0.2, -0.15) is 0 Å². The van der Waals surface area contributed by atoms with Crippen molar-refractivity contribution < 1.29 is 9.53 Å². The summed E-state index contributed by atoms with van der Waals surface area (Å²) < 4.78 is 7.40. The summed E-state index contributed by atoms with van der Waals surface area (Å²) in [6, 6.07) is 11.7. The summed E-state index contributed by atoms with van der Waals surface area (Å²) in [5.74, 6) is 1.17. The fraction of sp³-hybridized carbons (Fsp3) is 0.381. The molecule has 1 atom stereocenters. The quantitative estimate of drug-likeness (QED) is 0.737. The van der Waals surface area contributed by atoms with Gasteiger partial charge in [-0.3, -0.25) is 0 Å². The number of hydrogen-bond donors (Lipinski definition) is 1. The number of aromatic nitrogens is 3. The largest absolute Gasteiger partial charge is 0.383 e. The number of imidazole rings is 1. The van der Waals surface area contributed by atoms with Gasteiger partial charge in [0, 0.05) is 44.5 Å². The maximum absolute atomic E-state index is 12.7. The van der Waals surface area contributed by atoms with Crippen molar-refractivity contribution in [2.75, 3.05) is 32.1 Å². The summed E-state index contributed by atoms with van der Waals surface area (Å²) in [5.41, 5.74) is 3.70. The highest BCUT2D eigenvalue weighted by molar-refractivity contribution is 5.89. The number of benzene rings is 1. The molecule has 1 N–H and O–H groups in total. The van der Waals surface area contributed by atoms with Crippen LogP contribution in [0.1, 0.15) is 23.7 Å². The molecule has 0 spiro atoms. The predicted octanol–water partition coefficient (Wildman–Crippen LogP) is 3.41. The van der Waals surface area contributed by atoms with Crippen molar-refractivity contribution in [2.45, 2.75) is 25.8 Å². The zero-order valence-corrected chi connectivity index (χ0v) is 16.3. The number of likely N-dealkylation sites (tertiary alicyclic amines) is 1. The van der Waals surface area contributed by atoms with Crippen molar-refractivity contribution in [3.05, 3.63) is 54.0 Å². The Bertz CT molecular complexity index is 984. The van der Waals surface area contributed by atoms with Crippen molar-refractivity contribution in [1.82, 2.24) is 19.4 Å². The molecule has 1 saturated heterocycles. The highest BCUT2D eigenvalue weighted by atomic mass is 16.5. The second kappa shape index (κ2) is 7.98. The molecule has 2 aromatic heterocycles. The highest BCUT2D eigenvalue weighted by Gasteiger charge is 2.31. The van der Waals surface area contributed by atoms with Crippen LogP contribution in [-0.2, 0) is 11.3 Å². The van der Waals surface area contributed by atoms with E-state index in [1.54, 1.807) is 13.3 Å². The summed E-state index contributed by atoms with van der Waals surface area (Å²) in [7, 11) is 1.69. The number of nitrogens with zero attached hydrogens (tertiary/aromatic N) is 4. The molecular weight excluding hydrogens is 354 g/mol. The Labute approximate surface area is 164 Å². The first-order valence-electron chi connectivity index (χ1n) is 9.58. The maximum Gasteiger partial charge on any atom is 0.321 e. The van der Waals surface area contributed by atoms with Crippen LogP contribution in [0.5, 0.6) is 0 Å². The van der Waals surface area contributed by atoms with Crippen LogP contribution >= 0.6 is 0 Å². The van der Waals surface area contributed by atoms with Crippen molar-refractivity contribution in [1.29, 1.82) is 0 Å². The van der Waals surface area contributed by atoms with Crippen LogP contribution in [0.25, 0.3) is 11.2 Å². The Morgan fingerprint density at radius 2 is 2.21 bits per heavy atom. The second-order valence-electron chi connectivity index (χ2n) is 7.19. The SMILES string of the molecule is COCCn1c(C2CCN(C(=O)Nc3cccc(C)c3)C2)nc2cccnc21. The number of carbonyl (C=O) groups excluding carboxylic acids is 1. The van der Waals surface area contributed by atoms with E-state index in [-0.39, 0.29) is 11.9 Å². The van der Waals surface area contributed by atoms with E-state index in [1.807, 2.05) is 48.2 Å². The number of fused-ring (bicyclic) bond motifs is 1. The number of urea groups is 1. The van der Waals surface area contributed by atoms with Crippen LogP contribution in [0.4, 0.5) is 10.5 Å². The second-order valence-corrected chi connectivity index (χ2v) is 7.19. The number of hydrogen-bond acceptors (Lipinski definition) is 4. The van der Waals surface area contributed by atoms with Crippen LogP contribution in [0.2, 0.25) is 0 Å². The number of anilines is 1. The smallest absolute Gasteiger partial charge is 0.321 e. The molecule has 0 aliphatic carbocycles. The molecule has 1 aromatic carbocycles. The molecular formula is C21H25N5O2. The van der Waals surface area contributed by atoms with E-state index < -0.39 is 0 Å². The summed E-state index contributed by atoms with van der Waals surface area (Å²) in [6.07, 6.45) is 2.67. The standard InChI is InChI=1S/C21H25N5O2/c1-15-5-3-6-17(13-15)23-21(27)25-10-8-16(14-25)19-24-18-7-4-9-22-20(18)26(19)11-12-28-2/h3-7,9,13,16H,8,10-12,14H2,1-2H3,(H,23,27). The Morgan fingerprint density at radius 1 is 1.32 bits per heavy atom. The molecule has 1 aliphatic heterocycles. The van der Waals surface area contributed by atoms with Gasteiger partial charge in [0.15, 0.2) is 5.65 Å². The number of methoxy groups -OCH3 is 1. The van der Waals surface area contributed by atoms with Crippen molar-refractivity contribution in [3.63, 3.8) is 0 Å². The van der Waals surface area contributed by atoms with Crippen molar-refractivity contribution in [2.24, 2.45) is 0 Å². The lowest BCUT2D eigenvalue weighted by Gasteiger charge is -2.18. The third kappa shape index (κ3) is 3.71. The van der Waals surface area contributed by atoms with Gasteiger partial charge in [-0.25, -0.2) is 14.8 Å². The highest BCUT2D eigenvalue weighted by Crippen LogP contribution is 2.29. The molecule has 3 heterocycles. The average molecular weight is 379 g/mol. The van der Waals surface area contributed by atoms with E-state index in [2.05, 4.69) is 14.9 Å². The molecule has 0 radical (unpaired) electrons.